The molecule has 0 radical (unpaired) electrons. The molecule has 0 aliphatic carbocycles. The minimum absolute atomic E-state index is 0.249. The molecule has 0 saturated carbocycles. The largest absolute Gasteiger partial charge is 0.463 e. The van der Waals surface area contributed by atoms with Gasteiger partial charge in [0.15, 0.2) is 0 Å². The Labute approximate surface area is 158 Å². The van der Waals surface area contributed by atoms with Crippen molar-refractivity contribution >= 4 is 23.4 Å². The van der Waals surface area contributed by atoms with Crippen molar-refractivity contribution in [2.45, 2.75) is 19.9 Å². The molecular weight excluding hydrogens is 342 g/mol. The number of urea groups is 1. The van der Waals surface area contributed by atoms with Crippen LogP contribution in [0.3, 0.4) is 0 Å². The van der Waals surface area contributed by atoms with Crippen LogP contribution in [0.1, 0.15) is 31.0 Å². The van der Waals surface area contributed by atoms with Gasteiger partial charge in [-0.3, -0.25) is 4.90 Å². The Kier molecular flexibility index (Phi) is 5.45. The van der Waals surface area contributed by atoms with Gasteiger partial charge in [0.25, 0.3) is 0 Å². The molecule has 1 heterocycles. The number of benzene rings is 2. The average Bonchev–Trinajstić information content (AvgIpc) is 2.68. The van der Waals surface area contributed by atoms with Crippen LogP contribution in [0.2, 0.25) is 0 Å². The zero-order valence-electron chi connectivity index (χ0n) is 15.4. The molecule has 0 spiro atoms. The zero-order valence-corrected chi connectivity index (χ0v) is 15.4. The topological polar surface area (TPSA) is 84.7 Å². The van der Waals surface area contributed by atoms with Gasteiger partial charge in [0.2, 0.25) is 0 Å². The van der Waals surface area contributed by atoms with E-state index < -0.39 is 12.0 Å². The molecule has 6 heteroatoms. The van der Waals surface area contributed by atoms with Crippen molar-refractivity contribution in [2.24, 2.45) is 0 Å². The predicted octanol–water partition coefficient (Wildman–Crippen LogP) is 3.33. The first-order chi connectivity index (χ1) is 13.1. The number of esters is 1. The van der Waals surface area contributed by atoms with Crippen LogP contribution in [-0.2, 0) is 9.53 Å². The van der Waals surface area contributed by atoms with E-state index in [1.54, 1.807) is 24.0 Å². The Morgan fingerprint density at radius 3 is 2.37 bits per heavy atom. The lowest BCUT2D eigenvalue weighted by atomic mass is 9.91. The minimum Gasteiger partial charge on any atom is -0.463 e. The van der Waals surface area contributed by atoms with E-state index in [2.05, 4.69) is 5.32 Å². The number of nitrogens with one attached hydrogen (secondary N) is 1. The van der Waals surface area contributed by atoms with Crippen LogP contribution in [0.25, 0.3) is 5.70 Å². The van der Waals surface area contributed by atoms with E-state index in [1.165, 1.54) is 0 Å². The number of hydrogen-bond acceptors (Lipinski definition) is 4. The van der Waals surface area contributed by atoms with E-state index in [1.807, 2.05) is 49.4 Å². The van der Waals surface area contributed by atoms with Gasteiger partial charge in [0.1, 0.15) is 0 Å². The molecule has 6 nitrogen and oxygen atoms in total. The van der Waals surface area contributed by atoms with Crippen LogP contribution >= 0.6 is 0 Å². The lowest BCUT2D eigenvalue weighted by molar-refractivity contribution is -0.138. The number of carbonyl (C=O) groups excluding carboxylic acids is 2. The van der Waals surface area contributed by atoms with Crippen LogP contribution in [0, 0.1) is 0 Å². The molecule has 1 aliphatic heterocycles. The minimum atomic E-state index is -0.616. The van der Waals surface area contributed by atoms with Crippen LogP contribution in [0.5, 0.6) is 0 Å². The third-order valence-corrected chi connectivity index (χ3v) is 4.46. The van der Waals surface area contributed by atoms with Gasteiger partial charge in [-0.1, -0.05) is 42.5 Å². The van der Waals surface area contributed by atoms with E-state index in [4.69, 9.17) is 10.5 Å². The number of anilines is 1. The molecule has 1 aliphatic rings. The molecule has 0 bridgehead atoms. The first-order valence-electron chi connectivity index (χ1n) is 8.97. The van der Waals surface area contributed by atoms with Gasteiger partial charge in [0.05, 0.1) is 23.9 Å². The third-order valence-electron chi connectivity index (χ3n) is 4.46. The highest BCUT2D eigenvalue weighted by Crippen LogP contribution is 2.36. The molecular formula is C21H23N3O3. The van der Waals surface area contributed by atoms with E-state index in [0.717, 1.165) is 11.1 Å². The maximum Gasteiger partial charge on any atom is 0.338 e. The summed E-state index contributed by atoms with van der Waals surface area (Å²) in [6, 6.07) is 15.7. The summed E-state index contributed by atoms with van der Waals surface area (Å²) >= 11 is 0. The van der Waals surface area contributed by atoms with Crippen LogP contribution < -0.4 is 11.1 Å². The second-order valence-electron chi connectivity index (χ2n) is 6.14. The predicted molar refractivity (Wildman–Crippen MR) is 105 cm³/mol. The molecule has 1 unspecified atom stereocenters. The highest BCUT2D eigenvalue weighted by atomic mass is 16.5. The van der Waals surface area contributed by atoms with E-state index >= 15 is 0 Å². The summed E-state index contributed by atoms with van der Waals surface area (Å²) in [5, 5.41) is 2.93. The van der Waals surface area contributed by atoms with Crippen molar-refractivity contribution in [3.63, 3.8) is 0 Å². The molecule has 3 N–H and O–H groups in total. The quantitative estimate of drug-likeness (QED) is 0.629. The highest BCUT2D eigenvalue weighted by molar-refractivity contribution is 6.04. The first kappa shape index (κ1) is 18.5. The SMILES string of the molecule is CCOC(=O)C1=C(c2ccccc2)N(CC)C(=O)NC1c1ccc(N)cc1. The van der Waals surface area contributed by atoms with E-state index in [9.17, 15) is 9.59 Å². The monoisotopic (exact) mass is 365 g/mol. The maximum atomic E-state index is 12.9. The smallest absolute Gasteiger partial charge is 0.338 e. The summed E-state index contributed by atoms with van der Waals surface area (Å²) in [5.74, 6) is -0.448. The Hall–Kier alpha value is -3.28. The molecule has 140 valence electrons. The van der Waals surface area contributed by atoms with Crippen LogP contribution in [-0.4, -0.2) is 30.1 Å². The van der Waals surface area contributed by atoms with Crippen molar-refractivity contribution in [1.82, 2.24) is 10.2 Å². The molecule has 3 rings (SSSR count). The van der Waals surface area contributed by atoms with Gasteiger partial charge in [-0.2, -0.15) is 0 Å². The Morgan fingerprint density at radius 2 is 1.78 bits per heavy atom. The van der Waals surface area contributed by atoms with Crippen molar-refractivity contribution in [1.29, 1.82) is 0 Å². The Morgan fingerprint density at radius 1 is 1.11 bits per heavy atom. The number of nitrogen functional groups attached to an aromatic ring is 1. The molecule has 2 amide bonds. The zero-order chi connectivity index (χ0) is 19.4. The molecule has 2 aromatic carbocycles. The summed E-state index contributed by atoms with van der Waals surface area (Å²) in [6.07, 6.45) is 0. The number of rotatable bonds is 5. The normalized spacial score (nSPS) is 16.9. The third kappa shape index (κ3) is 3.65. The van der Waals surface area contributed by atoms with Gasteiger partial charge >= 0.3 is 12.0 Å². The van der Waals surface area contributed by atoms with Crippen molar-refractivity contribution in [3.8, 4) is 0 Å². The number of nitrogens with zero attached hydrogens (tertiary/aromatic N) is 1. The number of ether oxygens (including phenoxy) is 1. The molecule has 0 fully saturated rings. The second kappa shape index (κ2) is 7.95. The van der Waals surface area contributed by atoms with Gasteiger partial charge in [-0.25, -0.2) is 9.59 Å². The fourth-order valence-corrected chi connectivity index (χ4v) is 3.23. The molecule has 0 saturated heterocycles. The standard InChI is InChI=1S/C21H23N3O3/c1-3-24-19(15-8-6-5-7-9-15)17(20(25)27-4-2)18(23-21(24)26)14-10-12-16(22)13-11-14/h5-13,18H,3-4,22H2,1-2H3,(H,23,26). The average molecular weight is 365 g/mol. The summed E-state index contributed by atoms with van der Waals surface area (Å²) < 4.78 is 5.34. The Balaban J connectivity index is 2.24. The summed E-state index contributed by atoms with van der Waals surface area (Å²) in [4.78, 5) is 27.3. The lowest BCUT2D eigenvalue weighted by Crippen LogP contribution is -2.47. The number of hydrogen-bond donors (Lipinski definition) is 2. The van der Waals surface area contributed by atoms with Crippen LogP contribution in [0.15, 0.2) is 60.2 Å². The number of nitrogens with two attached hydrogens (primary N) is 1. The van der Waals surface area contributed by atoms with Gasteiger partial charge in [0, 0.05) is 12.2 Å². The number of amides is 2. The van der Waals surface area contributed by atoms with Crippen LogP contribution in [0.4, 0.5) is 10.5 Å². The number of carbonyl (C=O) groups is 2. The van der Waals surface area contributed by atoms with E-state index in [0.29, 0.717) is 23.5 Å². The summed E-state index contributed by atoms with van der Waals surface area (Å²) in [7, 11) is 0. The van der Waals surface area contributed by atoms with Crippen molar-refractivity contribution < 1.29 is 14.3 Å². The summed E-state index contributed by atoms with van der Waals surface area (Å²) in [6.45, 7) is 4.30. The van der Waals surface area contributed by atoms with Crippen molar-refractivity contribution in [3.05, 3.63) is 71.3 Å². The first-order valence-corrected chi connectivity index (χ1v) is 8.97. The van der Waals surface area contributed by atoms with E-state index in [-0.39, 0.29) is 12.6 Å². The van der Waals surface area contributed by atoms with Gasteiger partial charge in [-0.05, 0) is 37.1 Å². The molecule has 0 aromatic heterocycles. The fraction of sp³-hybridized carbons (Fsp3) is 0.238. The molecule has 27 heavy (non-hydrogen) atoms. The Bertz CT molecular complexity index is 860. The molecule has 1 atom stereocenters. The van der Waals surface area contributed by atoms with Crippen molar-refractivity contribution in [2.75, 3.05) is 18.9 Å². The van der Waals surface area contributed by atoms with Gasteiger partial charge in [-0.15, -0.1) is 0 Å². The summed E-state index contributed by atoms with van der Waals surface area (Å²) in [5.41, 5.74) is 8.94. The lowest BCUT2D eigenvalue weighted by Gasteiger charge is -2.36. The maximum absolute atomic E-state index is 12.9. The fourth-order valence-electron chi connectivity index (χ4n) is 3.23. The second-order valence-corrected chi connectivity index (χ2v) is 6.14. The van der Waals surface area contributed by atoms with Gasteiger partial charge < -0.3 is 15.8 Å². The molecule has 2 aromatic rings. The highest BCUT2D eigenvalue weighted by Gasteiger charge is 2.38.